The Morgan fingerprint density at radius 1 is 1.28 bits per heavy atom. The molecule has 0 saturated carbocycles. The van der Waals surface area contributed by atoms with Crippen LogP contribution in [0.25, 0.3) is 0 Å². The number of nitrogens with zero attached hydrogens (tertiary/aromatic N) is 2. The van der Waals surface area contributed by atoms with E-state index in [0.29, 0.717) is 0 Å². The zero-order chi connectivity index (χ0) is 18.2. The van der Waals surface area contributed by atoms with Crippen molar-refractivity contribution in [1.29, 1.82) is 0 Å². The van der Waals surface area contributed by atoms with E-state index in [1.165, 1.54) is 17.8 Å². The maximum atomic E-state index is 12.6. The summed E-state index contributed by atoms with van der Waals surface area (Å²) >= 11 is 0. The molecule has 0 fully saturated rings. The van der Waals surface area contributed by atoms with Gasteiger partial charge < -0.3 is 9.64 Å². The van der Waals surface area contributed by atoms with Crippen molar-refractivity contribution in [2.75, 3.05) is 11.9 Å². The Balaban J connectivity index is 1.80. The van der Waals surface area contributed by atoms with Gasteiger partial charge in [0.15, 0.2) is 11.9 Å². The van der Waals surface area contributed by atoms with Gasteiger partial charge in [0.1, 0.15) is 5.69 Å². The summed E-state index contributed by atoms with van der Waals surface area (Å²) < 4.78 is 5.22. The lowest BCUT2D eigenvalue weighted by atomic mass is 9.83. The van der Waals surface area contributed by atoms with Crippen LogP contribution in [0.2, 0.25) is 0 Å². The SMILES string of the molecule is CC(OC(=O)c1ccn[nH]1)C(=O)/C=C1/N(C)c2ccccc2C1(C)C. The highest BCUT2D eigenvalue weighted by molar-refractivity contribution is 5.98. The van der Waals surface area contributed by atoms with Crippen LogP contribution in [0.15, 0.2) is 48.3 Å². The molecule has 6 heteroatoms. The number of hydrogen-bond donors (Lipinski definition) is 1. The van der Waals surface area contributed by atoms with Gasteiger partial charge in [0.2, 0.25) is 0 Å². The third-order valence-electron chi connectivity index (χ3n) is 4.62. The molecule has 1 atom stereocenters. The molecule has 1 aliphatic heterocycles. The van der Waals surface area contributed by atoms with E-state index in [1.807, 2.05) is 30.1 Å². The van der Waals surface area contributed by atoms with Crippen LogP contribution in [-0.2, 0) is 14.9 Å². The van der Waals surface area contributed by atoms with E-state index in [1.54, 1.807) is 13.0 Å². The lowest BCUT2D eigenvalue weighted by Crippen LogP contribution is -2.28. The van der Waals surface area contributed by atoms with Crippen LogP contribution in [0.4, 0.5) is 5.69 Å². The maximum Gasteiger partial charge on any atom is 0.357 e. The number of hydrogen-bond acceptors (Lipinski definition) is 5. The number of allylic oxidation sites excluding steroid dienone is 1. The Morgan fingerprint density at radius 2 is 2.00 bits per heavy atom. The van der Waals surface area contributed by atoms with Gasteiger partial charge in [-0.2, -0.15) is 5.10 Å². The Morgan fingerprint density at radius 3 is 2.64 bits per heavy atom. The van der Waals surface area contributed by atoms with Crippen LogP contribution < -0.4 is 4.90 Å². The fraction of sp³-hybridized carbons (Fsp3) is 0.316. The normalized spacial score (nSPS) is 18.1. The van der Waals surface area contributed by atoms with Gasteiger partial charge in [-0.05, 0) is 24.6 Å². The number of ether oxygens (including phenoxy) is 1. The van der Waals surface area contributed by atoms with Crippen LogP contribution in [0, 0.1) is 0 Å². The number of aromatic nitrogens is 2. The molecule has 0 bridgehead atoms. The first-order valence-corrected chi connectivity index (χ1v) is 8.12. The van der Waals surface area contributed by atoms with Gasteiger partial charge in [0.25, 0.3) is 0 Å². The summed E-state index contributed by atoms with van der Waals surface area (Å²) in [5, 5.41) is 6.23. The summed E-state index contributed by atoms with van der Waals surface area (Å²) in [5.41, 5.74) is 3.04. The lowest BCUT2D eigenvalue weighted by Gasteiger charge is -2.24. The second-order valence-corrected chi connectivity index (χ2v) is 6.65. The average molecular weight is 339 g/mol. The minimum Gasteiger partial charge on any atom is -0.450 e. The fourth-order valence-corrected chi connectivity index (χ4v) is 3.16. The number of para-hydroxylation sites is 1. The van der Waals surface area contributed by atoms with E-state index in [2.05, 4.69) is 30.1 Å². The predicted octanol–water partition coefficient (Wildman–Crippen LogP) is 2.84. The number of benzene rings is 1. The van der Waals surface area contributed by atoms with Gasteiger partial charge in [-0.15, -0.1) is 0 Å². The molecule has 2 heterocycles. The largest absolute Gasteiger partial charge is 0.450 e. The number of nitrogens with one attached hydrogen (secondary N) is 1. The van der Waals surface area contributed by atoms with Gasteiger partial charge in [-0.3, -0.25) is 9.89 Å². The van der Waals surface area contributed by atoms with Crippen LogP contribution in [0.5, 0.6) is 0 Å². The molecule has 3 rings (SSSR count). The molecule has 0 saturated heterocycles. The van der Waals surface area contributed by atoms with Crippen molar-refractivity contribution in [3.8, 4) is 0 Å². The van der Waals surface area contributed by atoms with E-state index >= 15 is 0 Å². The molecule has 0 spiro atoms. The van der Waals surface area contributed by atoms with Gasteiger partial charge in [0.05, 0.1) is 0 Å². The summed E-state index contributed by atoms with van der Waals surface area (Å²) in [6, 6.07) is 9.57. The molecule has 1 aromatic carbocycles. The van der Waals surface area contributed by atoms with Gasteiger partial charge in [-0.1, -0.05) is 32.0 Å². The zero-order valence-corrected chi connectivity index (χ0v) is 14.7. The standard InChI is InChI=1S/C19H21N3O3/c1-12(25-18(24)14-9-10-20-21-14)16(23)11-17-19(2,3)13-7-5-6-8-15(13)22(17)4/h5-12H,1-4H3,(H,20,21)/b17-11+. The van der Waals surface area contributed by atoms with Gasteiger partial charge in [0, 0.05) is 36.1 Å². The lowest BCUT2D eigenvalue weighted by molar-refractivity contribution is -0.122. The Hall–Kier alpha value is -2.89. The highest BCUT2D eigenvalue weighted by Crippen LogP contribution is 2.46. The molecule has 1 aliphatic rings. The number of rotatable bonds is 4. The minimum atomic E-state index is -0.879. The molecular formula is C19H21N3O3. The van der Waals surface area contributed by atoms with Crippen molar-refractivity contribution < 1.29 is 14.3 Å². The number of carbonyl (C=O) groups excluding carboxylic acids is 2. The molecule has 6 nitrogen and oxygen atoms in total. The highest BCUT2D eigenvalue weighted by atomic mass is 16.5. The van der Waals surface area contributed by atoms with Gasteiger partial charge in [-0.25, -0.2) is 4.79 Å². The molecule has 2 aromatic rings. The van der Waals surface area contributed by atoms with E-state index in [-0.39, 0.29) is 16.9 Å². The van der Waals surface area contributed by atoms with Crippen molar-refractivity contribution in [2.24, 2.45) is 0 Å². The molecule has 25 heavy (non-hydrogen) atoms. The third-order valence-corrected chi connectivity index (χ3v) is 4.62. The number of aromatic amines is 1. The summed E-state index contributed by atoms with van der Waals surface area (Å²) in [7, 11) is 1.94. The molecule has 0 radical (unpaired) electrons. The van der Waals surface area contributed by atoms with Crippen LogP contribution in [0.1, 0.15) is 36.8 Å². The topological polar surface area (TPSA) is 75.3 Å². The Bertz CT molecular complexity index is 837. The van der Waals surface area contributed by atoms with Crippen molar-refractivity contribution in [2.45, 2.75) is 32.3 Å². The van der Waals surface area contributed by atoms with Crippen LogP contribution in [-0.4, -0.2) is 35.1 Å². The van der Waals surface area contributed by atoms with E-state index in [0.717, 1.165) is 11.4 Å². The summed E-state index contributed by atoms with van der Waals surface area (Å²) in [4.78, 5) is 26.5. The number of carbonyl (C=O) groups is 2. The number of esters is 1. The first kappa shape index (κ1) is 17.0. The zero-order valence-electron chi connectivity index (χ0n) is 14.7. The molecule has 1 unspecified atom stereocenters. The van der Waals surface area contributed by atoms with Gasteiger partial charge >= 0.3 is 5.97 Å². The molecule has 0 aliphatic carbocycles. The number of H-pyrrole nitrogens is 1. The van der Waals surface area contributed by atoms with Crippen molar-refractivity contribution in [3.05, 3.63) is 59.6 Å². The molecule has 1 N–H and O–H groups in total. The quantitative estimate of drug-likeness (QED) is 0.685. The number of ketones is 1. The Kier molecular flexibility index (Phi) is 4.20. The smallest absolute Gasteiger partial charge is 0.357 e. The second-order valence-electron chi connectivity index (χ2n) is 6.65. The summed E-state index contributed by atoms with van der Waals surface area (Å²) in [5.74, 6) is -0.852. The van der Waals surface area contributed by atoms with Crippen LogP contribution >= 0.6 is 0 Å². The average Bonchev–Trinajstić information content (AvgIpc) is 3.18. The number of anilines is 1. The molecule has 130 valence electrons. The second kappa shape index (κ2) is 6.20. The van der Waals surface area contributed by atoms with Crippen molar-refractivity contribution in [1.82, 2.24) is 10.2 Å². The minimum absolute atomic E-state index is 0.220. The fourth-order valence-electron chi connectivity index (χ4n) is 3.16. The molecular weight excluding hydrogens is 318 g/mol. The van der Waals surface area contributed by atoms with E-state index in [9.17, 15) is 9.59 Å². The summed E-state index contributed by atoms with van der Waals surface area (Å²) in [6.07, 6.45) is 2.15. The van der Waals surface area contributed by atoms with E-state index in [4.69, 9.17) is 4.74 Å². The third kappa shape index (κ3) is 2.95. The maximum absolute atomic E-state index is 12.6. The van der Waals surface area contributed by atoms with Crippen LogP contribution in [0.3, 0.4) is 0 Å². The predicted molar refractivity (Wildman–Crippen MR) is 94.4 cm³/mol. The van der Waals surface area contributed by atoms with Crippen molar-refractivity contribution >= 4 is 17.4 Å². The number of likely N-dealkylation sites (N-methyl/N-ethyl adjacent to an activating group) is 1. The highest BCUT2D eigenvalue weighted by Gasteiger charge is 2.39. The monoisotopic (exact) mass is 339 g/mol. The first-order chi connectivity index (χ1) is 11.8. The van der Waals surface area contributed by atoms with Crippen molar-refractivity contribution in [3.63, 3.8) is 0 Å². The molecule has 1 aromatic heterocycles. The number of fused-ring (bicyclic) bond motifs is 1. The van der Waals surface area contributed by atoms with E-state index < -0.39 is 12.1 Å². The Labute approximate surface area is 146 Å². The summed E-state index contributed by atoms with van der Waals surface area (Å²) in [6.45, 7) is 5.73. The first-order valence-electron chi connectivity index (χ1n) is 8.12. The molecule has 0 amide bonds.